The van der Waals surface area contributed by atoms with Crippen molar-refractivity contribution >= 4 is 29.3 Å². The summed E-state index contributed by atoms with van der Waals surface area (Å²) < 4.78 is 0. The molecule has 0 aromatic heterocycles. The van der Waals surface area contributed by atoms with Gasteiger partial charge < -0.3 is 20.2 Å². The van der Waals surface area contributed by atoms with Gasteiger partial charge in [-0.25, -0.2) is 4.79 Å². The summed E-state index contributed by atoms with van der Waals surface area (Å²) in [5, 5.41) is 12.3. The van der Waals surface area contributed by atoms with Gasteiger partial charge in [0.2, 0.25) is 0 Å². The van der Waals surface area contributed by atoms with Crippen LogP contribution in [-0.2, 0) is 4.79 Å². The number of anilines is 1. The molecule has 1 fully saturated rings. The molecule has 2 rings (SSSR count). The zero-order chi connectivity index (χ0) is 16.1. The standard InChI is InChI=1S/C15H20ClN3O3/c1-18(7-6-14(20)21)15(22)17-12-5-8-19(10-12)13-4-2-3-11(16)9-13/h2-4,9,12H,5-8,10H2,1H3,(H,17,22)(H,20,21). The Hall–Kier alpha value is -1.95. The van der Waals surface area contributed by atoms with E-state index in [2.05, 4.69) is 10.2 Å². The predicted octanol–water partition coefficient (Wildman–Crippen LogP) is 2.03. The third-order valence-electron chi connectivity index (χ3n) is 3.70. The number of nitrogens with zero attached hydrogens (tertiary/aromatic N) is 2. The number of carbonyl (C=O) groups is 2. The number of rotatable bonds is 5. The van der Waals surface area contributed by atoms with Crippen molar-refractivity contribution in [2.24, 2.45) is 0 Å². The number of urea groups is 1. The van der Waals surface area contributed by atoms with E-state index in [4.69, 9.17) is 16.7 Å². The molecule has 6 nitrogen and oxygen atoms in total. The van der Waals surface area contributed by atoms with Crippen LogP contribution in [0.3, 0.4) is 0 Å². The number of hydrogen-bond donors (Lipinski definition) is 2. The van der Waals surface area contributed by atoms with Crippen molar-refractivity contribution in [3.8, 4) is 0 Å². The summed E-state index contributed by atoms with van der Waals surface area (Å²) in [6.45, 7) is 1.77. The Bertz CT molecular complexity index is 553. The number of benzene rings is 1. The molecule has 2 amide bonds. The number of aliphatic carboxylic acids is 1. The topological polar surface area (TPSA) is 72.9 Å². The predicted molar refractivity (Wildman–Crippen MR) is 85.5 cm³/mol. The van der Waals surface area contributed by atoms with Crippen LogP contribution < -0.4 is 10.2 Å². The van der Waals surface area contributed by atoms with E-state index in [0.29, 0.717) is 5.02 Å². The minimum Gasteiger partial charge on any atom is -0.481 e. The third-order valence-corrected chi connectivity index (χ3v) is 3.93. The first-order valence-corrected chi connectivity index (χ1v) is 7.57. The van der Waals surface area contributed by atoms with Gasteiger partial charge in [0.05, 0.1) is 6.42 Å². The van der Waals surface area contributed by atoms with Gasteiger partial charge in [0.1, 0.15) is 0 Å². The number of nitrogens with one attached hydrogen (secondary N) is 1. The minimum absolute atomic E-state index is 0.0524. The van der Waals surface area contributed by atoms with Gasteiger partial charge >= 0.3 is 12.0 Å². The minimum atomic E-state index is -0.910. The Kier molecular flexibility index (Phi) is 5.49. The van der Waals surface area contributed by atoms with Crippen molar-refractivity contribution in [3.63, 3.8) is 0 Å². The Morgan fingerprint density at radius 2 is 2.27 bits per heavy atom. The number of halogens is 1. The first-order chi connectivity index (χ1) is 10.5. The van der Waals surface area contributed by atoms with Gasteiger partial charge in [0.25, 0.3) is 0 Å². The zero-order valence-corrected chi connectivity index (χ0v) is 13.2. The van der Waals surface area contributed by atoms with Gasteiger partial charge in [-0.15, -0.1) is 0 Å². The van der Waals surface area contributed by atoms with Crippen molar-refractivity contribution in [2.45, 2.75) is 18.9 Å². The highest BCUT2D eigenvalue weighted by Crippen LogP contribution is 2.23. The third kappa shape index (κ3) is 4.53. The maximum Gasteiger partial charge on any atom is 0.317 e. The smallest absolute Gasteiger partial charge is 0.317 e. The molecule has 0 aliphatic carbocycles. The van der Waals surface area contributed by atoms with E-state index < -0.39 is 5.97 Å². The van der Waals surface area contributed by atoms with Gasteiger partial charge in [0.15, 0.2) is 0 Å². The summed E-state index contributed by atoms with van der Waals surface area (Å²) in [5.41, 5.74) is 1.04. The van der Waals surface area contributed by atoms with Crippen LogP contribution in [0.4, 0.5) is 10.5 Å². The van der Waals surface area contributed by atoms with Gasteiger partial charge in [-0.3, -0.25) is 4.79 Å². The number of carboxylic acid groups (broad SMARTS) is 1. The van der Waals surface area contributed by atoms with Gasteiger partial charge in [-0.05, 0) is 24.6 Å². The van der Waals surface area contributed by atoms with E-state index in [1.165, 1.54) is 4.90 Å². The van der Waals surface area contributed by atoms with Crippen molar-refractivity contribution in [1.29, 1.82) is 0 Å². The Labute approximate surface area is 134 Å². The van der Waals surface area contributed by atoms with Crippen LogP contribution >= 0.6 is 11.6 Å². The van der Waals surface area contributed by atoms with Crippen molar-refractivity contribution < 1.29 is 14.7 Å². The van der Waals surface area contributed by atoms with Crippen LogP contribution in [0.15, 0.2) is 24.3 Å². The molecule has 1 aromatic rings. The van der Waals surface area contributed by atoms with E-state index in [1.54, 1.807) is 7.05 Å². The quantitative estimate of drug-likeness (QED) is 0.869. The number of carbonyl (C=O) groups excluding carboxylic acids is 1. The summed E-state index contributed by atoms with van der Waals surface area (Å²) in [7, 11) is 1.60. The van der Waals surface area contributed by atoms with Crippen molar-refractivity contribution in [2.75, 3.05) is 31.6 Å². The molecule has 120 valence electrons. The lowest BCUT2D eigenvalue weighted by molar-refractivity contribution is -0.137. The largest absolute Gasteiger partial charge is 0.481 e. The average molecular weight is 326 g/mol. The van der Waals surface area contributed by atoms with Crippen LogP contribution in [0.2, 0.25) is 5.02 Å². The SMILES string of the molecule is CN(CCC(=O)O)C(=O)NC1CCN(c2cccc(Cl)c2)C1. The molecule has 1 aliphatic heterocycles. The Balaban J connectivity index is 1.83. The average Bonchev–Trinajstić information content (AvgIpc) is 2.93. The first kappa shape index (κ1) is 16.4. The molecule has 1 unspecified atom stereocenters. The van der Waals surface area contributed by atoms with Crippen molar-refractivity contribution in [3.05, 3.63) is 29.3 Å². The molecular formula is C15H20ClN3O3. The normalized spacial score (nSPS) is 17.4. The summed E-state index contributed by atoms with van der Waals surface area (Å²) >= 11 is 5.99. The second-order valence-electron chi connectivity index (χ2n) is 5.43. The van der Waals surface area contributed by atoms with E-state index in [1.807, 2.05) is 24.3 Å². The van der Waals surface area contributed by atoms with E-state index in [-0.39, 0.29) is 25.0 Å². The highest BCUT2D eigenvalue weighted by molar-refractivity contribution is 6.30. The summed E-state index contributed by atoms with van der Waals surface area (Å²) in [6, 6.07) is 7.46. The van der Waals surface area contributed by atoms with Gasteiger partial charge in [0, 0.05) is 43.4 Å². The molecule has 0 spiro atoms. The zero-order valence-electron chi connectivity index (χ0n) is 12.5. The number of amides is 2. The van der Waals surface area contributed by atoms with E-state index in [0.717, 1.165) is 25.2 Å². The molecule has 1 atom stereocenters. The van der Waals surface area contributed by atoms with Crippen LogP contribution in [0.25, 0.3) is 0 Å². The van der Waals surface area contributed by atoms with Crippen LogP contribution in [0.5, 0.6) is 0 Å². The molecule has 22 heavy (non-hydrogen) atoms. The molecule has 7 heteroatoms. The van der Waals surface area contributed by atoms with Gasteiger partial charge in [-0.1, -0.05) is 17.7 Å². The van der Waals surface area contributed by atoms with E-state index in [9.17, 15) is 9.59 Å². The van der Waals surface area contributed by atoms with Crippen LogP contribution in [0.1, 0.15) is 12.8 Å². The highest BCUT2D eigenvalue weighted by atomic mass is 35.5. The number of hydrogen-bond acceptors (Lipinski definition) is 3. The van der Waals surface area contributed by atoms with Gasteiger partial charge in [-0.2, -0.15) is 0 Å². The molecule has 2 N–H and O–H groups in total. The summed E-state index contributed by atoms with van der Waals surface area (Å²) in [4.78, 5) is 26.1. The molecule has 1 aromatic carbocycles. The first-order valence-electron chi connectivity index (χ1n) is 7.19. The fourth-order valence-corrected chi connectivity index (χ4v) is 2.62. The van der Waals surface area contributed by atoms with Crippen LogP contribution in [-0.4, -0.2) is 54.7 Å². The second-order valence-corrected chi connectivity index (χ2v) is 5.86. The highest BCUT2D eigenvalue weighted by Gasteiger charge is 2.25. The molecular weight excluding hydrogens is 306 g/mol. The fraction of sp³-hybridized carbons (Fsp3) is 0.467. The summed E-state index contributed by atoms with van der Waals surface area (Å²) in [5.74, 6) is -0.910. The molecule has 1 aliphatic rings. The monoisotopic (exact) mass is 325 g/mol. The Morgan fingerprint density at radius 1 is 1.50 bits per heavy atom. The molecule has 1 saturated heterocycles. The maximum atomic E-state index is 12.0. The lowest BCUT2D eigenvalue weighted by Gasteiger charge is -2.22. The summed E-state index contributed by atoms with van der Waals surface area (Å²) in [6.07, 6.45) is 0.800. The lowest BCUT2D eigenvalue weighted by atomic mass is 10.2. The lowest BCUT2D eigenvalue weighted by Crippen LogP contribution is -2.44. The van der Waals surface area contributed by atoms with E-state index >= 15 is 0 Å². The van der Waals surface area contributed by atoms with Crippen molar-refractivity contribution in [1.82, 2.24) is 10.2 Å². The fourth-order valence-electron chi connectivity index (χ4n) is 2.44. The maximum absolute atomic E-state index is 12.0. The molecule has 0 saturated carbocycles. The van der Waals surface area contributed by atoms with Crippen LogP contribution in [0, 0.1) is 0 Å². The Morgan fingerprint density at radius 3 is 2.95 bits per heavy atom. The number of carboxylic acids is 1. The molecule has 1 heterocycles. The molecule has 0 radical (unpaired) electrons. The molecule has 0 bridgehead atoms. The second kappa shape index (κ2) is 7.35.